The predicted molar refractivity (Wildman–Crippen MR) is 41.8 cm³/mol. The van der Waals surface area contributed by atoms with Crippen molar-refractivity contribution >= 4 is 20.1 Å². The van der Waals surface area contributed by atoms with Gasteiger partial charge in [-0.05, 0) is 0 Å². The maximum absolute atomic E-state index is 3.69. The first-order valence-corrected chi connectivity index (χ1v) is 4.09. The van der Waals surface area contributed by atoms with Crippen LogP contribution in [0.3, 0.4) is 0 Å². The summed E-state index contributed by atoms with van der Waals surface area (Å²) >= 11 is 3.07. The van der Waals surface area contributed by atoms with E-state index in [0.29, 0.717) is 0 Å². The number of hydrogen-bond donors (Lipinski definition) is 0. The molecule has 0 spiro atoms. The Hall–Kier alpha value is -0.0705. The molecule has 0 aromatic rings. The van der Waals surface area contributed by atoms with Gasteiger partial charge in [-0.1, -0.05) is 0 Å². The Balaban J connectivity index is 2.39. The summed E-state index contributed by atoms with van der Waals surface area (Å²) in [6, 6.07) is 0. The van der Waals surface area contributed by atoms with Crippen LogP contribution in [-0.4, -0.2) is 38.1 Å². The summed E-state index contributed by atoms with van der Waals surface area (Å²) in [5.74, 6) is 0. The van der Waals surface area contributed by atoms with E-state index >= 15 is 0 Å². The summed E-state index contributed by atoms with van der Waals surface area (Å²) in [5, 5.41) is 0. The zero-order valence-corrected chi connectivity index (χ0v) is 7.18. The van der Waals surface area contributed by atoms with Crippen LogP contribution in [0.25, 0.3) is 0 Å². The van der Waals surface area contributed by atoms with Crippen molar-refractivity contribution in [3.8, 4) is 0 Å². The van der Waals surface area contributed by atoms with Gasteiger partial charge >= 0.3 is 63.6 Å². The van der Waals surface area contributed by atoms with Gasteiger partial charge in [0.2, 0.25) is 0 Å². The van der Waals surface area contributed by atoms with Crippen LogP contribution in [0.1, 0.15) is 12.8 Å². The predicted octanol–water partition coefficient (Wildman–Crippen LogP) is 0.567. The van der Waals surface area contributed by atoms with E-state index < -0.39 is 0 Å². The normalized spacial score (nSPS) is 18.7. The number of likely N-dealkylation sites (tertiary alicyclic amines) is 1. The number of rotatable bonds is 2. The zero-order valence-electron chi connectivity index (χ0n) is 5.47. The van der Waals surface area contributed by atoms with Crippen molar-refractivity contribution in [2.24, 2.45) is 0 Å². The van der Waals surface area contributed by atoms with Crippen LogP contribution in [0.2, 0.25) is 0 Å². The summed E-state index contributed by atoms with van der Waals surface area (Å²) in [7, 11) is 0. The third-order valence-corrected chi connectivity index (χ3v) is 2.49. The van der Waals surface area contributed by atoms with Crippen LogP contribution in [0.4, 0.5) is 0 Å². The quantitative estimate of drug-likeness (QED) is 0.452. The molecule has 0 aromatic carbocycles. The molecule has 0 saturated carbocycles. The van der Waals surface area contributed by atoms with Crippen LogP contribution in [0.15, 0.2) is 12.7 Å². The summed E-state index contributed by atoms with van der Waals surface area (Å²) in [4.78, 5) is 2.33. The molecule has 1 nitrogen and oxygen atoms in total. The van der Waals surface area contributed by atoms with Gasteiger partial charge in [0.25, 0.3) is 0 Å². The van der Waals surface area contributed by atoms with Gasteiger partial charge in [0.05, 0.1) is 0 Å². The van der Waals surface area contributed by atoms with Crippen molar-refractivity contribution < 1.29 is 0 Å². The average molecular weight is 188 g/mol. The Bertz CT molecular complexity index is 131. The Morgan fingerprint density at radius 2 is 2.56 bits per heavy atom. The van der Waals surface area contributed by atoms with Crippen molar-refractivity contribution in [2.75, 3.05) is 13.1 Å². The van der Waals surface area contributed by atoms with Crippen molar-refractivity contribution in [1.29, 1.82) is 0 Å². The topological polar surface area (TPSA) is 3.24 Å². The first-order valence-electron chi connectivity index (χ1n) is 3.23. The molecule has 9 heavy (non-hydrogen) atoms. The van der Waals surface area contributed by atoms with Crippen LogP contribution >= 0.6 is 0 Å². The maximum atomic E-state index is 3.69. The molecule has 0 N–H and O–H groups in total. The fourth-order valence-corrected chi connectivity index (χ4v) is 1.70. The molecule has 0 bridgehead atoms. The molecule has 1 heterocycles. The van der Waals surface area contributed by atoms with Gasteiger partial charge in [-0.25, -0.2) is 0 Å². The third-order valence-electron chi connectivity index (χ3n) is 1.52. The molecule has 2 heteroatoms. The van der Waals surface area contributed by atoms with E-state index in [4.69, 9.17) is 0 Å². The Morgan fingerprint density at radius 3 is 3.00 bits per heavy atom. The third kappa shape index (κ3) is 1.67. The molecule has 1 aliphatic rings. The van der Waals surface area contributed by atoms with E-state index in [1.807, 2.05) is 6.08 Å². The molecule has 1 rings (SSSR count). The van der Waals surface area contributed by atoms with Gasteiger partial charge in [0.15, 0.2) is 0 Å². The van der Waals surface area contributed by atoms with Crippen LogP contribution in [0, 0.1) is 0 Å². The molecule has 0 atom stereocenters. The molecule has 0 radical (unpaired) electrons. The molecule has 1 saturated heterocycles. The van der Waals surface area contributed by atoms with Gasteiger partial charge < -0.3 is 0 Å². The molecule has 50 valence electrons. The zero-order chi connectivity index (χ0) is 6.69. The van der Waals surface area contributed by atoms with Crippen molar-refractivity contribution in [2.45, 2.75) is 12.8 Å². The standard InChI is InChI=1S/C7H11NSe/c1-2-5-8-6-3-4-7(8)9/h2H,1,3-6H2. The van der Waals surface area contributed by atoms with Crippen molar-refractivity contribution in [3.05, 3.63) is 12.7 Å². The molecule has 1 fully saturated rings. The van der Waals surface area contributed by atoms with E-state index in [0.717, 1.165) is 6.54 Å². The molecule has 0 aromatic heterocycles. The first-order chi connectivity index (χ1) is 4.34. The summed E-state index contributed by atoms with van der Waals surface area (Å²) < 4.78 is 1.40. The second-order valence-corrected chi connectivity index (χ2v) is 3.22. The number of nitrogens with zero attached hydrogens (tertiary/aromatic N) is 1. The van der Waals surface area contributed by atoms with Gasteiger partial charge in [-0.3, -0.25) is 0 Å². The van der Waals surface area contributed by atoms with Crippen LogP contribution in [0.5, 0.6) is 0 Å². The van der Waals surface area contributed by atoms with Gasteiger partial charge in [0, 0.05) is 0 Å². The fourth-order valence-electron chi connectivity index (χ4n) is 1.05. The Kier molecular flexibility index (Phi) is 2.49. The molecule has 0 amide bonds. The summed E-state index contributed by atoms with van der Waals surface area (Å²) in [6.45, 7) is 5.89. The van der Waals surface area contributed by atoms with E-state index in [1.54, 1.807) is 0 Å². The molecule has 1 aliphatic heterocycles. The van der Waals surface area contributed by atoms with E-state index in [9.17, 15) is 0 Å². The van der Waals surface area contributed by atoms with Crippen molar-refractivity contribution in [1.82, 2.24) is 4.90 Å². The van der Waals surface area contributed by atoms with Gasteiger partial charge in [-0.2, -0.15) is 0 Å². The van der Waals surface area contributed by atoms with Crippen LogP contribution < -0.4 is 0 Å². The fraction of sp³-hybridized carbons (Fsp3) is 0.571. The molecular weight excluding hydrogens is 177 g/mol. The SMILES string of the molecule is C=CCN1CCCC1=[Se]. The van der Waals surface area contributed by atoms with E-state index in [1.165, 1.54) is 23.9 Å². The van der Waals surface area contributed by atoms with E-state index in [-0.39, 0.29) is 0 Å². The Morgan fingerprint density at radius 1 is 1.78 bits per heavy atom. The second kappa shape index (κ2) is 3.19. The monoisotopic (exact) mass is 189 g/mol. The molecule has 0 unspecified atom stereocenters. The van der Waals surface area contributed by atoms with Crippen molar-refractivity contribution in [3.63, 3.8) is 0 Å². The van der Waals surface area contributed by atoms with Gasteiger partial charge in [-0.15, -0.1) is 0 Å². The average Bonchev–Trinajstić information content (AvgIpc) is 2.18. The first kappa shape index (κ1) is 7.04. The minimum atomic E-state index is 1.00. The number of hydrogen-bond acceptors (Lipinski definition) is 1. The van der Waals surface area contributed by atoms with Crippen LogP contribution in [-0.2, 0) is 0 Å². The molecule has 0 aliphatic carbocycles. The van der Waals surface area contributed by atoms with Gasteiger partial charge in [0.1, 0.15) is 0 Å². The summed E-state index contributed by atoms with van der Waals surface area (Å²) in [5.41, 5.74) is 0. The van der Waals surface area contributed by atoms with E-state index in [2.05, 4.69) is 27.1 Å². The Labute approximate surface area is 64.1 Å². The second-order valence-electron chi connectivity index (χ2n) is 2.23. The summed E-state index contributed by atoms with van der Waals surface area (Å²) in [6.07, 6.45) is 4.48. The molecular formula is C7H11NSe. The minimum absolute atomic E-state index is 1.00.